The fourth-order valence-corrected chi connectivity index (χ4v) is 4.43. The van der Waals surface area contributed by atoms with Gasteiger partial charge in [0, 0.05) is 20.2 Å². The van der Waals surface area contributed by atoms with Crippen molar-refractivity contribution in [1.29, 1.82) is 0 Å². The number of carbonyl (C=O) groups is 2. The maximum atomic E-state index is 14.0. The zero-order valence-corrected chi connectivity index (χ0v) is 19.6. The summed E-state index contributed by atoms with van der Waals surface area (Å²) in [6.07, 6.45) is 0.640. The molecule has 0 radical (unpaired) electrons. The van der Waals surface area contributed by atoms with Gasteiger partial charge < -0.3 is 19.7 Å². The summed E-state index contributed by atoms with van der Waals surface area (Å²) in [6.45, 7) is 1.43. The van der Waals surface area contributed by atoms with Crippen LogP contribution in [0.3, 0.4) is 0 Å². The average molecular weight is 459 g/mol. The second kappa shape index (κ2) is 11.1. The Morgan fingerprint density at radius 1 is 0.941 bits per heavy atom. The molecule has 3 aromatic rings. The van der Waals surface area contributed by atoms with E-state index in [1.807, 2.05) is 59.5 Å². The number of hydrogen-bond acceptors (Lipinski definition) is 5. The summed E-state index contributed by atoms with van der Waals surface area (Å²) < 4.78 is 10.4. The van der Waals surface area contributed by atoms with Crippen LogP contribution in [0.25, 0.3) is 0 Å². The smallest absolute Gasteiger partial charge is 0.337 e. The third kappa shape index (κ3) is 5.35. The van der Waals surface area contributed by atoms with Gasteiger partial charge in [-0.2, -0.15) is 0 Å². The lowest BCUT2D eigenvalue weighted by molar-refractivity contribution is -0.138. The van der Waals surface area contributed by atoms with Gasteiger partial charge in [-0.15, -0.1) is 0 Å². The molecule has 1 unspecified atom stereocenters. The van der Waals surface area contributed by atoms with Crippen LogP contribution >= 0.6 is 0 Å². The van der Waals surface area contributed by atoms with Crippen molar-refractivity contribution in [3.63, 3.8) is 0 Å². The molecule has 34 heavy (non-hydrogen) atoms. The lowest BCUT2D eigenvalue weighted by atomic mass is 9.94. The highest BCUT2D eigenvalue weighted by Crippen LogP contribution is 2.27. The predicted molar refractivity (Wildman–Crippen MR) is 130 cm³/mol. The second-order valence-corrected chi connectivity index (χ2v) is 8.44. The lowest BCUT2D eigenvalue weighted by Crippen LogP contribution is -2.50. The number of rotatable bonds is 8. The Kier molecular flexibility index (Phi) is 7.72. The van der Waals surface area contributed by atoms with E-state index < -0.39 is 0 Å². The molecule has 2 atom stereocenters. The van der Waals surface area contributed by atoms with Crippen LogP contribution in [0.5, 0.6) is 0 Å². The first-order valence-corrected chi connectivity index (χ1v) is 11.4. The minimum Gasteiger partial charge on any atom is -0.465 e. The molecule has 0 saturated heterocycles. The quantitative estimate of drug-likeness (QED) is 0.519. The van der Waals surface area contributed by atoms with Crippen LogP contribution in [0.15, 0.2) is 78.9 Å². The highest BCUT2D eigenvalue weighted by Gasteiger charge is 2.33. The van der Waals surface area contributed by atoms with E-state index in [1.54, 1.807) is 19.2 Å². The van der Waals surface area contributed by atoms with E-state index in [-0.39, 0.29) is 24.0 Å². The number of methoxy groups -OCH3 is 2. The van der Waals surface area contributed by atoms with Crippen LogP contribution < -0.4 is 5.32 Å². The number of nitrogens with one attached hydrogen (secondary N) is 1. The molecule has 4 rings (SSSR count). The Labute approximate surface area is 200 Å². The van der Waals surface area contributed by atoms with E-state index in [4.69, 9.17) is 9.47 Å². The van der Waals surface area contributed by atoms with Crippen LogP contribution in [0.4, 0.5) is 0 Å². The molecule has 0 spiro atoms. The molecule has 0 fully saturated rings. The Morgan fingerprint density at radius 3 is 2.29 bits per heavy atom. The van der Waals surface area contributed by atoms with E-state index >= 15 is 0 Å². The van der Waals surface area contributed by atoms with E-state index in [1.165, 1.54) is 18.2 Å². The summed E-state index contributed by atoms with van der Waals surface area (Å²) in [5, 5.41) is 3.43. The number of carbonyl (C=O) groups excluding carboxylic acids is 2. The minimum absolute atomic E-state index is 0.0254. The van der Waals surface area contributed by atoms with Crippen molar-refractivity contribution in [1.82, 2.24) is 10.2 Å². The monoisotopic (exact) mass is 458 g/mol. The largest absolute Gasteiger partial charge is 0.465 e. The average Bonchev–Trinajstić information content (AvgIpc) is 2.90. The van der Waals surface area contributed by atoms with E-state index in [2.05, 4.69) is 17.4 Å². The zero-order chi connectivity index (χ0) is 23.9. The molecule has 3 aromatic carbocycles. The molecule has 0 bridgehead atoms. The molecule has 1 amide bonds. The Bertz CT molecular complexity index is 1110. The van der Waals surface area contributed by atoms with Crippen molar-refractivity contribution in [2.75, 3.05) is 20.8 Å². The van der Waals surface area contributed by atoms with Gasteiger partial charge in [-0.05, 0) is 40.8 Å². The summed E-state index contributed by atoms with van der Waals surface area (Å²) in [5.41, 5.74) is 4.85. The van der Waals surface area contributed by atoms with Gasteiger partial charge in [-0.3, -0.25) is 4.79 Å². The summed E-state index contributed by atoms with van der Waals surface area (Å²) in [7, 11) is 3.01. The summed E-state index contributed by atoms with van der Waals surface area (Å²) >= 11 is 0. The molecule has 6 heteroatoms. The van der Waals surface area contributed by atoms with Crippen LogP contribution in [-0.4, -0.2) is 43.6 Å². The molecular formula is C28H30N2O4. The topological polar surface area (TPSA) is 67.9 Å². The molecule has 0 aliphatic carbocycles. The van der Waals surface area contributed by atoms with Gasteiger partial charge in [0.25, 0.3) is 0 Å². The van der Waals surface area contributed by atoms with E-state index in [0.29, 0.717) is 31.7 Å². The fourth-order valence-electron chi connectivity index (χ4n) is 4.43. The number of ether oxygens (including phenoxy) is 2. The molecule has 0 aromatic heterocycles. The third-order valence-electron chi connectivity index (χ3n) is 6.28. The maximum absolute atomic E-state index is 14.0. The second-order valence-electron chi connectivity index (χ2n) is 8.44. The number of esters is 1. The van der Waals surface area contributed by atoms with Gasteiger partial charge in [-0.25, -0.2) is 4.79 Å². The Hall–Kier alpha value is -3.48. The number of benzene rings is 3. The molecule has 0 saturated carbocycles. The highest BCUT2D eigenvalue weighted by atomic mass is 16.5. The Morgan fingerprint density at radius 2 is 1.62 bits per heavy atom. The molecule has 176 valence electrons. The summed E-state index contributed by atoms with van der Waals surface area (Å²) in [5.74, 6) is -0.358. The van der Waals surface area contributed by atoms with Gasteiger partial charge >= 0.3 is 5.97 Å². The molecule has 1 N–H and O–H groups in total. The third-order valence-corrected chi connectivity index (χ3v) is 6.28. The standard InChI is InChI=1S/C28H30N2O4/c1-33-19-26(21-8-4-3-5-9-21)30(18-20-12-14-22(15-13-20)28(32)34-2)27(31)25-16-23-10-6-7-11-24(23)17-29-25/h3-15,25-26,29H,16-19H2,1-2H3/t25?,26-/m0/s1. The molecule has 1 aliphatic heterocycles. The van der Waals surface area contributed by atoms with Crippen molar-refractivity contribution < 1.29 is 19.1 Å². The first-order chi connectivity index (χ1) is 16.6. The minimum atomic E-state index is -0.383. The molecule has 1 heterocycles. The summed E-state index contributed by atoms with van der Waals surface area (Å²) in [4.78, 5) is 27.7. The van der Waals surface area contributed by atoms with Crippen LogP contribution in [0, 0.1) is 0 Å². The molecule has 1 aliphatic rings. The lowest BCUT2D eigenvalue weighted by Gasteiger charge is -2.36. The number of amides is 1. The van der Waals surface area contributed by atoms with Gasteiger partial charge in [-0.1, -0.05) is 66.7 Å². The van der Waals surface area contributed by atoms with E-state index in [0.717, 1.165) is 11.1 Å². The first kappa shape index (κ1) is 23.7. The van der Waals surface area contributed by atoms with Crippen molar-refractivity contribution in [2.45, 2.75) is 31.6 Å². The van der Waals surface area contributed by atoms with Gasteiger partial charge in [0.15, 0.2) is 0 Å². The molecular weight excluding hydrogens is 428 g/mol. The maximum Gasteiger partial charge on any atom is 0.337 e. The van der Waals surface area contributed by atoms with Crippen LogP contribution in [0.2, 0.25) is 0 Å². The van der Waals surface area contributed by atoms with Crippen LogP contribution in [0.1, 0.15) is 38.7 Å². The van der Waals surface area contributed by atoms with Crippen molar-refractivity contribution in [3.05, 3.63) is 107 Å². The fraction of sp³-hybridized carbons (Fsp3) is 0.286. The van der Waals surface area contributed by atoms with E-state index in [9.17, 15) is 9.59 Å². The normalized spacial score (nSPS) is 15.8. The van der Waals surface area contributed by atoms with Crippen molar-refractivity contribution in [3.8, 4) is 0 Å². The SMILES string of the molecule is COC[C@@H](c1ccccc1)N(Cc1ccc(C(=O)OC)cc1)C(=O)C1Cc2ccccc2CN1. The first-order valence-electron chi connectivity index (χ1n) is 11.4. The number of nitrogens with zero attached hydrogens (tertiary/aromatic N) is 1. The number of hydrogen-bond donors (Lipinski definition) is 1. The van der Waals surface area contributed by atoms with Gasteiger partial charge in [0.2, 0.25) is 5.91 Å². The highest BCUT2D eigenvalue weighted by molar-refractivity contribution is 5.89. The van der Waals surface area contributed by atoms with Crippen molar-refractivity contribution in [2.24, 2.45) is 0 Å². The van der Waals surface area contributed by atoms with Gasteiger partial charge in [0.05, 0.1) is 31.4 Å². The Balaban J connectivity index is 1.64. The summed E-state index contributed by atoms with van der Waals surface area (Å²) in [6, 6.07) is 24.8. The van der Waals surface area contributed by atoms with Crippen molar-refractivity contribution >= 4 is 11.9 Å². The van der Waals surface area contributed by atoms with Gasteiger partial charge in [0.1, 0.15) is 0 Å². The predicted octanol–water partition coefficient (Wildman–Crippen LogP) is 3.90. The van der Waals surface area contributed by atoms with Crippen LogP contribution in [-0.2, 0) is 33.8 Å². The molecule has 6 nitrogen and oxygen atoms in total. The number of fused-ring (bicyclic) bond motifs is 1. The zero-order valence-electron chi connectivity index (χ0n) is 19.6.